The molecule has 1 N–H and O–H groups in total. The minimum atomic E-state index is -0.222. The SMILES string of the molecule is CC(C)(C)[C@H]1OCC[C@@H]1CNC(=O)[C@@H]1CCCO1. The molecule has 0 aromatic heterocycles. The topological polar surface area (TPSA) is 47.6 Å². The van der Waals surface area contributed by atoms with E-state index in [9.17, 15) is 4.79 Å². The zero-order valence-electron chi connectivity index (χ0n) is 11.7. The first-order chi connectivity index (χ1) is 8.48. The minimum absolute atomic E-state index is 0.0482. The van der Waals surface area contributed by atoms with Gasteiger partial charge in [-0.3, -0.25) is 4.79 Å². The van der Waals surface area contributed by atoms with Gasteiger partial charge in [0.15, 0.2) is 0 Å². The number of carbonyl (C=O) groups is 1. The van der Waals surface area contributed by atoms with E-state index < -0.39 is 0 Å². The summed E-state index contributed by atoms with van der Waals surface area (Å²) in [7, 11) is 0. The molecule has 0 saturated carbocycles. The van der Waals surface area contributed by atoms with E-state index in [1.165, 1.54) is 0 Å². The molecule has 0 aliphatic carbocycles. The fraction of sp³-hybridized carbons (Fsp3) is 0.929. The Kier molecular flexibility index (Phi) is 4.28. The molecule has 2 aliphatic heterocycles. The summed E-state index contributed by atoms with van der Waals surface area (Å²) in [6.07, 6.45) is 2.90. The summed E-state index contributed by atoms with van der Waals surface area (Å²) < 4.78 is 11.2. The lowest BCUT2D eigenvalue weighted by atomic mass is 9.81. The van der Waals surface area contributed by atoms with Gasteiger partial charge >= 0.3 is 0 Å². The highest BCUT2D eigenvalue weighted by atomic mass is 16.5. The monoisotopic (exact) mass is 255 g/mol. The van der Waals surface area contributed by atoms with Gasteiger partial charge in [-0.05, 0) is 24.7 Å². The van der Waals surface area contributed by atoms with Crippen molar-refractivity contribution in [3.05, 3.63) is 0 Å². The summed E-state index contributed by atoms with van der Waals surface area (Å²) in [6.45, 7) is 8.81. The number of rotatable bonds is 3. The molecule has 2 aliphatic rings. The van der Waals surface area contributed by atoms with Crippen LogP contribution in [0.25, 0.3) is 0 Å². The molecule has 0 spiro atoms. The standard InChI is InChI=1S/C14H25NO3/c1-14(2,3)12-10(6-8-18-12)9-15-13(16)11-5-4-7-17-11/h10-12H,4-9H2,1-3H3,(H,15,16)/t10-,11+,12+/m1/s1. The van der Waals surface area contributed by atoms with Crippen LogP contribution in [0.4, 0.5) is 0 Å². The molecule has 2 heterocycles. The van der Waals surface area contributed by atoms with Crippen molar-refractivity contribution in [1.82, 2.24) is 5.32 Å². The summed E-state index contributed by atoms with van der Waals surface area (Å²) in [4.78, 5) is 11.9. The number of hydrogen-bond acceptors (Lipinski definition) is 3. The van der Waals surface area contributed by atoms with E-state index in [4.69, 9.17) is 9.47 Å². The molecule has 4 nitrogen and oxygen atoms in total. The lowest BCUT2D eigenvalue weighted by Gasteiger charge is -2.31. The predicted octanol–water partition coefficient (Wildman–Crippen LogP) is 1.73. The average molecular weight is 255 g/mol. The van der Waals surface area contributed by atoms with Crippen molar-refractivity contribution < 1.29 is 14.3 Å². The van der Waals surface area contributed by atoms with E-state index in [0.29, 0.717) is 12.5 Å². The van der Waals surface area contributed by atoms with Crippen LogP contribution in [0.3, 0.4) is 0 Å². The highest BCUT2D eigenvalue weighted by molar-refractivity contribution is 5.80. The van der Waals surface area contributed by atoms with E-state index in [2.05, 4.69) is 26.1 Å². The third kappa shape index (κ3) is 3.23. The Morgan fingerprint density at radius 2 is 2.00 bits per heavy atom. The van der Waals surface area contributed by atoms with E-state index in [1.54, 1.807) is 0 Å². The smallest absolute Gasteiger partial charge is 0.249 e. The molecule has 2 fully saturated rings. The van der Waals surface area contributed by atoms with Crippen molar-refractivity contribution in [2.24, 2.45) is 11.3 Å². The van der Waals surface area contributed by atoms with Crippen LogP contribution < -0.4 is 5.32 Å². The van der Waals surface area contributed by atoms with E-state index >= 15 is 0 Å². The predicted molar refractivity (Wildman–Crippen MR) is 69.3 cm³/mol. The molecular weight excluding hydrogens is 230 g/mol. The number of nitrogens with one attached hydrogen (secondary N) is 1. The first-order valence-electron chi connectivity index (χ1n) is 6.99. The van der Waals surface area contributed by atoms with Crippen LogP contribution in [0.15, 0.2) is 0 Å². The van der Waals surface area contributed by atoms with Crippen LogP contribution in [0.5, 0.6) is 0 Å². The van der Waals surface area contributed by atoms with E-state index in [-0.39, 0.29) is 23.5 Å². The van der Waals surface area contributed by atoms with Crippen LogP contribution in [0.2, 0.25) is 0 Å². The highest BCUT2D eigenvalue weighted by Crippen LogP contribution is 2.34. The average Bonchev–Trinajstić information content (AvgIpc) is 2.95. The maximum absolute atomic E-state index is 11.9. The van der Waals surface area contributed by atoms with E-state index in [1.807, 2.05) is 0 Å². The van der Waals surface area contributed by atoms with Gasteiger partial charge in [0.1, 0.15) is 6.10 Å². The normalized spacial score (nSPS) is 32.7. The molecule has 18 heavy (non-hydrogen) atoms. The lowest BCUT2D eigenvalue weighted by Crippen LogP contribution is -2.41. The zero-order valence-corrected chi connectivity index (χ0v) is 11.7. The molecule has 4 heteroatoms. The fourth-order valence-electron chi connectivity index (χ4n) is 2.93. The number of hydrogen-bond donors (Lipinski definition) is 1. The molecule has 3 atom stereocenters. The molecule has 1 amide bonds. The highest BCUT2D eigenvalue weighted by Gasteiger charge is 2.37. The Labute approximate surface area is 109 Å². The van der Waals surface area contributed by atoms with Crippen molar-refractivity contribution >= 4 is 5.91 Å². The van der Waals surface area contributed by atoms with Gasteiger partial charge < -0.3 is 14.8 Å². The molecule has 2 rings (SSSR count). The number of ether oxygens (including phenoxy) is 2. The molecule has 0 radical (unpaired) electrons. The quantitative estimate of drug-likeness (QED) is 0.835. The Balaban J connectivity index is 1.80. The molecule has 0 aromatic carbocycles. The van der Waals surface area contributed by atoms with Crippen molar-refractivity contribution in [3.63, 3.8) is 0 Å². The molecule has 0 bridgehead atoms. The second-order valence-electron chi connectivity index (χ2n) is 6.45. The van der Waals surface area contributed by atoms with Gasteiger partial charge in [0.2, 0.25) is 5.91 Å². The van der Waals surface area contributed by atoms with Crippen LogP contribution >= 0.6 is 0 Å². The maximum atomic E-state index is 11.9. The zero-order chi connectivity index (χ0) is 13.2. The summed E-state index contributed by atoms with van der Waals surface area (Å²) in [5, 5.41) is 3.02. The summed E-state index contributed by atoms with van der Waals surface area (Å²) in [5.41, 5.74) is 0.135. The van der Waals surface area contributed by atoms with Gasteiger partial charge in [0.05, 0.1) is 6.10 Å². The van der Waals surface area contributed by atoms with Crippen molar-refractivity contribution in [2.75, 3.05) is 19.8 Å². The number of carbonyl (C=O) groups excluding carboxylic acids is 1. The van der Waals surface area contributed by atoms with Gasteiger partial charge in [0, 0.05) is 25.7 Å². The van der Waals surface area contributed by atoms with Crippen LogP contribution in [0, 0.1) is 11.3 Å². The second-order valence-corrected chi connectivity index (χ2v) is 6.45. The Bertz CT molecular complexity index is 292. The molecular formula is C14H25NO3. The maximum Gasteiger partial charge on any atom is 0.249 e. The summed E-state index contributed by atoms with van der Waals surface area (Å²) in [6, 6.07) is 0. The molecule has 104 valence electrons. The summed E-state index contributed by atoms with van der Waals surface area (Å²) >= 11 is 0. The summed E-state index contributed by atoms with van der Waals surface area (Å²) in [5.74, 6) is 0.474. The fourth-order valence-corrected chi connectivity index (χ4v) is 2.93. The van der Waals surface area contributed by atoms with Crippen molar-refractivity contribution in [1.29, 1.82) is 0 Å². The number of amides is 1. The Hall–Kier alpha value is -0.610. The third-order valence-corrected chi connectivity index (χ3v) is 3.83. The largest absolute Gasteiger partial charge is 0.377 e. The minimum Gasteiger partial charge on any atom is -0.377 e. The van der Waals surface area contributed by atoms with Crippen LogP contribution in [0.1, 0.15) is 40.0 Å². The van der Waals surface area contributed by atoms with Crippen molar-refractivity contribution in [3.8, 4) is 0 Å². The lowest BCUT2D eigenvalue weighted by molar-refractivity contribution is -0.130. The third-order valence-electron chi connectivity index (χ3n) is 3.83. The van der Waals surface area contributed by atoms with Gasteiger partial charge in [-0.25, -0.2) is 0 Å². The van der Waals surface area contributed by atoms with E-state index in [0.717, 1.165) is 32.5 Å². The van der Waals surface area contributed by atoms with Gasteiger partial charge in [-0.15, -0.1) is 0 Å². The first kappa shape index (κ1) is 13.8. The van der Waals surface area contributed by atoms with Crippen molar-refractivity contribution in [2.45, 2.75) is 52.2 Å². The second kappa shape index (κ2) is 5.57. The molecule has 2 saturated heterocycles. The molecule has 0 aromatic rings. The Morgan fingerprint density at radius 1 is 1.22 bits per heavy atom. The van der Waals surface area contributed by atoms with Gasteiger partial charge in [-0.2, -0.15) is 0 Å². The van der Waals surface area contributed by atoms with Gasteiger partial charge in [-0.1, -0.05) is 20.8 Å². The molecule has 0 unspecified atom stereocenters. The first-order valence-corrected chi connectivity index (χ1v) is 6.99. The Morgan fingerprint density at radius 3 is 2.61 bits per heavy atom. The van der Waals surface area contributed by atoms with Gasteiger partial charge in [0.25, 0.3) is 0 Å². The van der Waals surface area contributed by atoms with Crippen LogP contribution in [-0.2, 0) is 14.3 Å². The van der Waals surface area contributed by atoms with Crippen LogP contribution in [-0.4, -0.2) is 37.9 Å².